The molecule has 1 aromatic carbocycles. The maximum atomic E-state index is 8.90. The summed E-state index contributed by atoms with van der Waals surface area (Å²) in [5.41, 5.74) is 2.47. The average molecular weight is 276 g/mol. The molecule has 0 unspecified atom stereocenters. The van der Waals surface area contributed by atoms with E-state index in [1.807, 2.05) is 31.4 Å². The highest BCUT2D eigenvalue weighted by atomic mass is 35.5. The van der Waals surface area contributed by atoms with E-state index in [2.05, 4.69) is 11.4 Å². The van der Waals surface area contributed by atoms with Gasteiger partial charge in [0.2, 0.25) is 0 Å². The van der Waals surface area contributed by atoms with Gasteiger partial charge in [0.25, 0.3) is 0 Å². The molecule has 2 rings (SSSR count). The molecular weight excluding hydrogens is 262 g/mol. The van der Waals surface area contributed by atoms with E-state index in [-0.39, 0.29) is 0 Å². The Bertz CT molecular complexity index is 628. The minimum atomic E-state index is 0.600. The summed E-state index contributed by atoms with van der Waals surface area (Å²) in [6.45, 7) is 0.600. The lowest BCUT2D eigenvalue weighted by Crippen LogP contribution is -1.99. The van der Waals surface area contributed by atoms with Crippen LogP contribution in [0.25, 0.3) is 0 Å². The summed E-state index contributed by atoms with van der Waals surface area (Å²) in [6, 6.07) is 9.42. The standard InChI is InChI=1S/C14H14ClN3O/c1-18-9-10(5-11(18)7-16)8-17-14-6-12(19-2)3-4-13(14)15/h3-6,9,17H,8H2,1-2H3. The van der Waals surface area contributed by atoms with Crippen molar-refractivity contribution in [2.24, 2.45) is 7.05 Å². The molecule has 0 saturated heterocycles. The highest BCUT2D eigenvalue weighted by molar-refractivity contribution is 6.33. The number of nitriles is 1. The van der Waals surface area contributed by atoms with Gasteiger partial charge in [-0.15, -0.1) is 0 Å². The molecular formula is C14H14ClN3O. The maximum absolute atomic E-state index is 8.90. The summed E-state index contributed by atoms with van der Waals surface area (Å²) in [6.07, 6.45) is 1.92. The number of halogens is 1. The summed E-state index contributed by atoms with van der Waals surface area (Å²) in [5, 5.41) is 12.8. The van der Waals surface area contributed by atoms with Gasteiger partial charge in [-0.2, -0.15) is 5.26 Å². The van der Waals surface area contributed by atoms with Crippen LogP contribution in [0.5, 0.6) is 5.75 Å². The molecule has 0 atom stereocenters. The first-order valence-corrected chi connectivity index (χ1v) is 6.14. The molecule has 4 nitrogen and oxygen atoms in total. The number of nitrogens with zero attached hydrogens (tertiary/aromatic N) is 2. The van der Waals surface area contributed by atoms with Crippen LogP contribution in [-0.2, 0) is 13.6 Å². The Balaban J connectivity index is 2.12. The van der Waals surface area contributed by atoms with Crippen molar-refractivity contribution in [3.05, 3.63) is 46.7 Å². The van der Waals surface area contributed by atoms with Gasteiger partial charge in [0.05, 0.1) is 17.8 Å². The Labute approximate surface area is 117 Å². The van der Waals surface area contributed by atoms with Crippen molar-refractivity contribution in [1.29, 1.82) is 5.26 Å². The topological polar surface area (TPSA) is 50.0 Å². The van der Waals surface area contributed by atoms with Gasteiger partial charge in [-0.1, -0.05) is 11.6 Å². The van der Waals surface area contributed by atoms with Crippen LogP contribution in [-0.4, -0.2) is 11.7 Å². The fraction of sp³-hybridized carbons (Fsp3) is 0.214. The monoisotopic (exact) mass is 275 g/mol. The van der Waals surface area contributed by atoms with E-state index in [1.54, 1.807) is 17.7 Å². The Morgan fingerprint density at radius 2 is 2.21 bits per heavy atom. The third-order valence-corrected chi connectivity index (χ3v) is 3.16. The van der Waals surface area contributed by atoms with E-state index >= 15 is 0 Å². The molecule has 1 N–H and O–H groups in total. The molecule has 0 radical (unpaired) electrons. The van der Waals surface area contributed by atoms with Crippen molar-refractivity contribution in [2.75, 3.05) is 12.4 Å². The second kappa shape index (κ2) is 5.68. The van der Waals surface area contributed by atoms with Crippen LogP contribution in [0.15, 0.2) is 30.5 Å². The maximum Gasteiger partial charge on any atom is 0.121 e. The lowest BCUT2D eigenvalue weighted by atomic mass is 10.2. The number of methoxy groups -OCH3 is 1. The van der Waals surface area contributed by atoms with Crippen LogP contribution in [0.2, 0.25) is 5.02 Å². The molecule has 0 aliphatic carbocycles. The first-order valence-electron chi connectivity index (χ1n) is 5.77. The van der Waals surface area contributed by atoms with E-state index in [9.17, 15) is 0 Å². The number of anilines is 1. The van der Waals surface area contributed by atoms with E-state index in [4.69, 9.17) is 21.6 Å². The summed E-state index contributed by atoms with van der Waals surface area (Å²) in [5.74, 6) is 0.748. The molecule has 0 amide bonds. The molecule has 1 heterocycles. The number of ether oxygens (including phenoxy) is 1. The third-order valence-electron chi connectivity index (χ3n) is 2.83. The smallest absolute Gasteiger partial charge is 0.121 e. The van der Waals surface area contributed by atoms with Crippen LogP contribution >= 0.6 is 11.6 Å². The van der Waals surface area contributed by atoms with Crippen LogP contribution in [0.1, 0.15) is 11.3 Å². The van der Waals surface area contributed by atoms with Crippen molar-refractivity contribution in [3.8, 4) is 11.8 Å². The molecule has 0 fully saturated rings. The normalized spacial score (nSPS) is 10.0. The van der Waals surface area contributed by atoms with Crippen molar-refractivity contribution >= 4 is 17.3 Å². The molecule has 1 aromatic heterocycles. The number of rotatable bonds is 4. The molecule has 0 aliphatic heterocycles. The Morgan fingerprint density at radius 3 is 2.84 bits per heavy atom. The third kappa shape index (κ3) is 3.01. The summed E-state index contributed by atoms with van der Waals surface area (Å²) < 4.78 is 6.95. The second-order valence-corrected chi connectivity index (χ2v) is 4.56. The zero-order valence-electron chi connectivity index (χ0n) is 10.8. The first-order chi connectivity index (χ1) is 9.13. The van der Waals surface area contributed by atoms with Gasteiger partial charge in [0, 0.05) is 25.9 Å². The van der Waals surface area contributed by atoms with E-state index in [1.165, 1.54) is 0 Å². The van der Waals surface area contributed by atoms with Crippen molar-refractivity contribution < 1.29 is 4.74 Å². The predicted molar refractivity (Wildman–Crippen MR) is 75.5 cm³/mol. The van der Waals surface area contributed by atoms with Crippen molar-refractivity contribution in [1.82, 2.24) is 4.57 Å². The van der Waals surface area contributed by atoms with Crippen LogP contribution in [0.4, 0.5) is 5.69 Å². The predicted octanol–water partition coefficient (Wildman–Crippen LogP) is 3.17. The number of hydrogen-bond acceptors (Lipinski definition) is 3. The Morgan fingerprint density at radius 1 is 1.42 bits per heavy atom. The van der Waals surface area contributed by atoms with Gasteiger partial charge in [-0.25, -0.2) is 0 Å². The number of benzene rings is 1. The minimum absolute atomic E-state index is 0.600. The quantitative estimate of drug-likeness (QED) is 0.932. The molecule has 0 bridgehead atoms. The Hall–Kier alpha value is -2.12. The highest BCUT2D eigenvalue weighted by Gasteiger charge is 2.05. The van der Waals surface area contributed by atoms with Gasteiger partial charge in [-0.3, -0.25) is 0 Å². The lowest BCUT2D eigenvalue weighted by molar-refractivity contribution is 0.415. The fourth-order valence-corrected chi connectivity index (χ4v) is 1.99. The van der Waals surface area contributed by atoms with E-state index in [0.717, 1.165) is 17.0 Å². The zero-order chi connectivity index (χ0) is 13.8. The molecule has 2 aromatic rings. The van der Waals surface area contributed by atoms with Crippen molar-refractivity contribution in [2.45, 2.75) is 6.54 Å². The van der Waals surface area contributed by atoms with Crippen LogP contribution in [0, 0.1) is 11.3 Å². The largest absolute Gasteiger partial charge is 0.497 e. The highest BCUT2D eigenvalue weighted by Crippen LogP contribution is 2.27. The SMILES string of the molecule is COc1ccc(Cl)c(NCc2cc(C#N)n(C)c2)c1. The average Bonchev–Trinajstić information content (AvgIpc) is 2.78. The molecule has 0 aliphatic rings. The molecule has 0 spiro atoms. The molecule has 5 heteroatoms. The second-order valence-electron chi connectivity index (χ2n) is 4.16. The zero-order valence-corrected chi connectivity index (χ0v) is 11.5. The summed E-state index contributed by atoms with van der Waals surface area (Å²) >= 11 is 6.11. The minimum Gasteiger partial charge on any atom is -0.497 e. The van der Waals surface area contributed by atoms with Gasteiger partial charge < -0.3 is 14.6 Å². The lowest BCUT2D eigenvalue weighted by Gasteiger charge is -2.09. The first kappa shape index (κ1) is 13.3. The Kier molecular flexibility index (Phi) is 3.98. The van der Waals surface area contributed by atoms with Crippen molar-refractivity contribution in [3.63, 3.8) is 0 Å². The van der Waals surface area contributed by atoms with Crippen LogP contribution < -0.4 is 10.1 Å². The van der Waals surface area contributed by atoms with E-state index in [0.29, 0.717) is 17.3 Å². The van der Waals surface area contributed by atoms with Gasteiger partial charge in [0.15, 0.2) is 0 Å². The number of nitrogens with one attached hydrogen (secondary N) is 1. The number of aryl methyl sites for hydroxylation is 1. The van der Waals surface area contributed by atoms with Gasteiger partial charge >= 0.3 is 0 Å². The van der Waals surface area contributed by atoms with Gasteiger partial charge in [-0.05, 0) is 23.8 Å². The van der Waals surface area contributed by atoms with E-state index < -0.39 is 0 Å². The summed E-state index contributed by atoms with van der Waals surface area (Å²) in [7, 11) is 3.46. The number of aromatic nitrogens is 1. The fourth-order valence-electron chi connectivity index (χ4n) is 1.80. The molecule has 0 saturated carbocycles. The molecule has 98 valence electrons. The summed E-state index contributed by atoms with van der Waals surface area (Å²) in [4.78, 5) is 0. The van der Waals surface area contributed by atoms with Crippen LogP contribution in [0.3, 0.4) is 0 Å². The molecule has 19 heavy (non-hydrogen) atoms. The number of hydrogen-bond donors (Lipinski definition) is 1. The van der Waals surface area contributed by atoms with Gasteiger partial charge in [0.1, 0.15) is 17.5 Å².